The zero-order valence-corrected chi connectivity index (χ0v) is 17.9. The van der Waals surface area contributed by atoms with Crippen LogP contribution in [-0.4, -0.2) is 53.0 Å². The Bertz CT molecular complexity index is 1250. The summed E-state index contributed by atoms with van der Waals surface area (Å²) in [6, 6.07) is 4.38. The first kappa shape index (κ1) is 21.2. The van der Waals surface area contributed by atoms with Crippen molar-refractivity contribution in [1.82, 2.24) is 24.3 Å². The molecule has 3 heterocycles. The molecule has 1 aromatic carbocycles. The number of oxazole rings is 1. The van der Waals surface area contributed by atoms with Crippen LogP contribution in [0.5, 0.6) is 0 Å². The number of hydrogen-bond donors (Lipinski definition) is 1. The summed E-state index contributed by atoms with van der Waals surface area (Å²) in [6.45, 7) is 3.14. The first-order valence-electron chi connectivity index (χ1n) is 10.0. The number of nitrogens with one attached hydrogen (secondary N) is 1. The molecule has 1 fully saturated rings. The predicted octanol–water partition coefficient (Wildman–Crippen LogP) is 0.819. The molecule has 3 aromatic rings. The smallest absolute Gasteiger partial charge is 0.408 e. The second-order valence-corrected chi connectivity index (χ2v) is 9.28. The van der Waals surface area contributed by atoms with E-state index >= 15 is 0 Å². The molecule has 166 valence electrons. The van der Waals surface area contributed by atoms with Gasteiger partial charge in [-0.05, 0) is 31.9 Å². The summed E-state index contributed by atoms with van der Waals surface area (Å²) in [4.78, 5) is 28.5. The van der Waals surface area contributed by atoms with E-state index in [9.17, 15) is 18.0 Å². The molecule has 11 nitrogen and oxygen atoms in total. The standard InChI is InChI=1S/C19H23N5O6S/c1-13-21-18(30-22-13)6-8-20-17(25)7-11-24-15-5-4-14(12-16(15)29-19(24)26)31(27,28)23-9-2-3-10-23/h4-5,12H,2-3,6-11H2,1H3,(H,20,25). The van der Waals surface area contributed by atoms with E-state index in [1.165, 1.54) is 21.0 Å². The Morgan fingerprint density at radius 2 is 2.03 bits per heavy atom. The molecule has 1 N–H and O–H groups in total. The second-order valence-electron chi connectivity index (χ2n) is 7.35. The molecular weight excluding hydrogens is 426 g/mol. The van der Waals surface area contributed by atoms with E-state index < -0.39 is 15.8 Å². The van der Waals surface area contributed by atoms with E-state index in [1.54, 1.807) is 13.0 Å². The highest BCUT2D eigenvalue weighted by Gasteiger charge is 2.28. The lowest BCUT2D eigenvalue weighted by Gasteiger charge is -2.15. The molecule has 12 heteroatoms. The average Bonchev–Trinajstić information content (AvgIpc) is 3.46. The lowest BCUT2D eigenvalue weighted by atomic mass is 10.3. The van der Waals surface area contributed by atoms with Gasteiger partial charge < -0.3 is 14.3 Å². The lowest BCUT2D eigenvalue weighted by Crippen LogP contribution is -2.28. The molecule has 0 unspecified atom stereocenters. The summed E-state index contributed by atoms with van der Waals surface area (Å²) >= 11 is 0. The molecule has 0 saturated carbocycles. The highest BCUT2D eigenvalue weighted by atomic mass is 32.2. The third-order valence-electron chi connectivity index (χ3n) is 5.14. The minimum absolute atomic E-state index is 0.0607. The number of rotatable bonds is 8. The number of nitrogens with zero attached hydrogens (tertiary/aromatic N) is 4. The fraction of sp³-hybridized carbons (Fsp3) is 0.474. The van der Waals surface area contributed by atoms with E-state index in [-0.39, 0.29) is 29.4 Å². The van der Waals surface area contributed by atoms with Crippen molar-refractivity contribution in [3.8, 4) is 0 Å². The van der Waals surface area contributed by atoms with Gasteiger partial charge in [0.15, 0.2) is 11.4 Å². The highest BCUT2D eigenvalue weighted by molar-refractivity contribution is 7.89. The Balaban J connectivity index is 1.40. The van der Waals surface area contributed by atoms with Crippen LogP contribution in [0.3, 0.4) is 0 Å². The fourth-order valence-electron chi connectivity index (χ4n) is 3.55. The second kappa shape index (κ2) is 8.63. The van der Waals surface area contributed by atoms with E-state index in [4.69, 9.17) is 8.94 Å². The SMILES string of the molecule is Cc1noc(CCNC(=O)CCn2c(=O)oc3cc(S(=O)(=O)N4CCCC4)ccc32)n1. The van der Waals surface area contributed by atoms with Crippen molar-refractivity contribution in [1.29, 1.82) is 0 Å². The zero-order valence-electron chi connectivity index (χ0n) is 17.0. The number of hydrogen-bond acceptors (Lipinski definition) is 8. The van der Waals surface area contributed by atoms with Gasteiger partial charge in [-0.1, -0.05) is 5.16 Å². The van der Waals surface area contributed by atoms with Crippen molar-refractivity contribution in [2.45, 2.75) is 44.0 Å². The van der Waals surface area contributed by atoms with Crippen LogP contribution in [0.25, 0.3) is 11.1 Å². The molecule has 1 amide bonds. The fourth-order valence-corrected chi connectivity index (χ4v) is 5.08. The third-order valence-corrected chi connectivity index (χ3v) is 7.03. The Morgan fingerprint density at radius 3 is 2.74 bits per heavy atom. The van der Waals surface area contributed by atoms with Gasteiger partial charge in [0.1, 0.15) is 0 Å². The normalized spacial score (nSPS) is 15.0. The highest BCUT2D eigenvalue weighted by Crippen LogP contribution is 2.24. The van der Waals surface area contributed by atoms with Gasteiger partial charge in [-0.15, -0.1) is 0 Å². The van der Waals surface area contributed by atoms with Gasteiger partial charge in [0.05, 0.1) is 10.4 Å². The minimum atomic E-state index is -3.61. The molecule has 1 aliphatic heterocycles. The van der Waals surface area contributed by atoms with Crippen molar-refractivity contribution < 1.29 is 22.2 Å². The van der Waals surface area contributed by atoms with Gasteiger partial charge >= 0.3 is 5.76 Å². The topological polar surface area (TPSA) is 141 Å². The lowest BCUT2D eigenvalue weighted by molar-refractivity contribution is -0.121. The average molecular weight is 449 g/mol. The summed E-state index contributed by atoms with van der Waals surface area (Å²) in [5.41, 5.74) is 0.622. The van der Waals surface area contributed by atoms with Crippen LogP contribution in [0, 0.1) is 6.92 Å². The van der Waals surface area contributed by atoms with E-state index in [0.29, 0.717) is 43.3 Å². The van der Waals surface area contributed by atoms with Crippen LogP contribution < -0.4 is 11.1 Å². The predicted molar refractivity (Wildman–Crippen MR) is 109 cm³/mol. The van der Waals surface area contributed by atoms with Gasteiger partial charge in [0, 0.05) is 45.1 Å². The number of aromatic nitrogens is 3. The maximum Gasteiger partial charge on any atom is 0.419 e. The number of sulfonamides is 1. The largest absolute Gasteiger partial charge is 0.419 e. The van der Waals surface area contributed by atoms with Crippen LogP contribution in [0.2, 0.25) is 0 Å². The van der Waals surface area contributed by atoms with E-state index in [0.717, 1.165) is 12.8 Å². The van der Waals surface area contributed by atoms with Crippen LogP contribution >= 0.6 is 0 Å². The van der Waals surface area contributed by atoms with Crippen molar-refractivity contribution in [2.75, 3.05) is 19.6 Å². The molecule has 2 aromatic heterocycles. The Morgan fingerprint density at radius 1 is 1.26 bits per heavy atom. The summed E-state index contributed by atoms with van der Waals surface area (Å²) in [6.07, 6.45) is 2.15. The maximum absolute atomic E-state index is 12.7. The summed E-state index contributed by atoms with van der Waals surface area (Å²) in [7, 11) is -3.61. The first-order valence-corrected chi connectivity index (χ1v) is 11.5. The van der Waals surface area contributed by atoms with E-state index in [2.05, 4.69) is 15.5 Å². The van der Waals surface area contributed by atoms with Crippen LogP contribution in [-0.2, 0) is 27.8 Å². The Kier molecular flexibility index (Phi) is 5.92. The number of carbonyl (C=O) groups is 1. The minimum Gasteiger partial charge on any atom is -0.408 e. The first-order chi connectivity index (χ1) is 14.8. The van der Waals surface area contributed by atoms with Gasteiger partial charge in [0.25, 0.3) is 0 Å². The zero-order chi connectivity index (χ0) is 22.0. The molecule has 0 bridgehead atoms. The van der Waals surface area contributed by atoms with Crippen molar-refractivity contribution >= 4 is 27.0 Å². The Hall–Kier alpha value is -2.99. The van der Waals surface area contributed by atoms with Crippen molar-refractivity contribution in [2.24, 2.45) is 0 Å². The summed E-state index contributed by atoms with van der Waals surface area (Å²) in [5.74, 6) is 0.0871. The molecule has 0 aliphatic carbocycles. The van der Waals surface area contributed by atoms with Crippen LogP contribution in [0.15, 0.2) is 36.8 Å². The number of fused-ring (bicyclic) bond motifs is 1. The number of aryl methyl sites for hydroxylation is 2. The summed E-state index contributed by atoms with van der Waals surface area (Å²) in [5, 5.41) is 6.41. The molecule has 31 heavy (non-hydrogen) atoms. The van der Waals surface area contributed by atoms with Crippen molar-refractivity contribution in [3.05, 3.63) is 40.5 Å². The molecule has 0 atom stereocenters. The monoisotopic (exact) mass is 449 g/mol. The quantitative estimate of drug-likeness (QED) is 0.533. The molecule has 1 aliphatic rings. The molecule has 4 rings (SSSR count). The molecule has 1 saturated heterocycles. The van der Waals surface area contributed by atoms with Gasteiger partial charge in [-0.3, -0.25) is 9.36 Å². The third kappa shape index (κ3) is 4.54. The number of benzene rings is 1. The number of carbonyl (C=O) groups excluding carboxylic acids is 1. The van der Waals surface area contributed by atoms with E-state index in [1.807, 2.05) is 0 Å². The Labute approximate surface area is 178 Å². The van der Waals surface area contributed by atoms with Gasteiger partial charge in [-0.25, -0.2) is 13.2 Å². The van der Waals surface area contributed by atoms with Crippen molar-refractivity contribution in [3.63, 3.8) is 0 Å². The summed E-state index contributed by atoms with van der Waals surface area (Å²) < 4.78 is 38.4. The molecule has 0 radical (unpaired) electrons. The van der Waals surface area contributed by atoms with Crippen LogP contribution in [0.4, 0.5) is 0 Å². The molecule has 0 spiro atoms. The number of amides is 1. The van der Waals surface area contributed by atoms with Gasteiger partial charge in [0.2, 0.25) is 21.8 Å². The van der Waals surface area contributed by atoms with Gasteiger partial charge in [-0.2, -0.15) is 9.29 Å². The molecular formula is C19H23N5O6S. The maximum atomic E-state index is 12.7. The van der Waals surface area contributed by atoms with Crippen LogP contribution in [0.1, 0.15) is 31.0 Å².